The van der Waals surface area contributed by atoms with Crippen molar-refractivity contribution >= 4 is 23.2 Å². The number of anilines is 1. The van der Waals surface area contributed by atoms with Crippen LogP contribution in [-0.4, -0.2) is 11.4 Å². The monoisotopic (exact) mass is 407 g/mol. The van der Waals surface area contributed by atoms with Crippen LogP contribution in [0.25, 0.3) is 0 Å². The van der Waals surface area contributed by atoms with Crippen molar-refractivity contribution in [3.05, 3.63) is 100 Å². The van der Waals surface area contributed by atoms with Crippen molar-refractivity contribution in [1.82, 2.24) is 0 Å². The first kappa shape index (κ1) is 19.7. The van der Waals surface area contributed by atoms with Crippen LogP contribution >= 0.6 is 11.6 Å². The van der Waals surface area contributed by atoms with E-state index in [0.29, 0.717) is 10.6 Å². The second kappa shape index (κ2) is 7.00. The first-order valence-corrected chi connectivity index (χ1v) is 10.1. The van der Waals surface area contributed by atoms with Crippen molar-refractivity contribution in [3.63, 3.8) is 0 Å². The SMILES string of the molecule is CC1(C)C[C@@](C)(c2ccc(Cl)cc2)c2ccccc2N1C(=O)c1cccc(F)c1. The summed E-state index contributed by atoms with van der Waals surface area (Å²) in [5, 5.41) is 0.698. The van der Waals surface area contributed by atoms with E-state index in [1.807, 2.05) is 35.2 Å². The third-order valence-corrected chi connectivity index (χ3v) is 6.14. The molecular weight excluding hydrogens is 385 g/mol. The molecule has 1 aliphatic heterocycles. The van der Waals surface area contributed by atoms with Gasteiger partial charge in [-0.05, 0) is 67.8 Å². The average molecular weight is 408 g/mol. The van der Waals surface area contributed by atoms with Gasteiger partial charge in [-0.1, -0.05) is 54.9 Å². The summed E-state index contributed by atoms with van der Waals surface area (Å²) in [5.74, 6) is -0.606. The maximum absolute atomic E-state index is 13.8. The highest BCUT2D eigenvalue weighted by atomic mass is 35.5. The number of amides is 1. The first-order valence-electron chi connectivity index (χ1n) is 9.68. The largest absolute Gasteiger partial charge is 0.302 e. The zero-order valence-corrected chi connectivity index (χ0v) is 17.5. The van der Waals surface area contributed by atoms with Gasteiger partial charge in [0.1, 0.15) is 5.82 Å². The molecule has 3 aromatic rings. The molecular formula is C25H23ClFNO. The molecule has 0 radical (unpaired) electrons. The van der Waals surface area contributed by atoms with Gasteiger partial charge in [0, 0.05) is 27.2 Å². The lowest BCUT2D eigenvalue weighted by atomic mass is 9.65. The molecule has 0 unspecified atom stereocenters. The molecule has 0 bridgehead atoms. The minimum absolute atomic E-state index is 0.194. The Bertz CT molecular complexity index is 1080. The minimum Gasteiger partial charge on any atom is -0.302 e. The third kappa shape index (κ3) is 3.34. The number of benzene rings is 3. The summed E-state index contributed by atoms with van der Waals surface area (Å²) in [6, 6.07) is 21.8. The van der Waals surface area contributed by atoms with Crippen LogP contribution in [0.5, 0.6) is 0 Å². The van der Waals surface area contributed by atoms with Gasteiger partial charge >= 0.3 is 0 Å². The number of fused-ring (bicyclic) bond motifs is 1. The Morgan fingerprint density at radius 2 is 1.66 bits per heavy atom. The predicted octanol–water partition coefficient (Wildman–Crippen LogP) is 6.61. The Hall–Kier alpha value is -2.65. The summed E-state index contributed by atoms with van der Waals surface area (Å²) in [5.41, 5.74) is 2.67. The number of carbonyl (C=O) groups is 1. The van der Waals surface area contributed by atoms with Crippen LogP contribution in [0.4, 0.5) is 10.1 Å². The number of hydrogen-bond donors (Lipinski definition) is 0. The minimum atomic E-state index is -0.480. The molecule has 0 aromatic heterocycles. The number of carbonyl (C=O) groups excluding carboxylic acids is 1. The molecule has 1 aliphatic rings. The summed E-state index contributed by atoms with van der Waals surface area (Å²) >= 11 is 6.11. The molecule has 0 aliphatic carbocycles. The maximum Gasteiger partial charge on any atom is 0.258 e. The van der Waals surface area contributed by atoms with E-state index in [1.54, 1.807) is 12.1 Å². The van der Waals surface area contributed by atoms with Crippen LogP contribution in [0.2, 0.25) is 5.02 Å². The van der Waals surface area contributed by atoms with Crippen LogP contribution < -0.4 is 4.90 Å². The lowest BCUT2D eigenvalue weighted by Crippen LogP contribution is -2.55. The standard InChI is InChI=1S/C25H23ClFNO/c1-24(2)16-25(3,18-11-13-19(26)14-12-18)21-9-4-5-10-22(21)28(24)23(29)17-7-6-8-20(27)15-17/h4-15H,16H2,1-3H3/t25-/m0/s1. The molecule has 1 heterocycles. The van der Waals surface area contributed by atoms with Gasteiger partial charge in [-0.2, -0.15) is 0 Å². The number of rotatable bonds is 2. The molecule has 4 rings (SSSR count). The quantitative estimate of drug-likeness (QED) is 0.467. The summed E-state index contributed by atoms with van der Waals surface area (Å²) < 4.78 is 13.8. The van der Waals surface area contributed by atoms with Crippen LogP contribution in [0.3, 0.4) is 0 Å². The van der Waals surface area contributed by atoms with Gasteiger partial charge in [0.2, 0.25) is 0 Å². The van der Waals surface area contributed by atoms with E-state index in [0.717, 1.165) is 23.2 Å². The molecule has 0 saturated heterocycles. The van der Waals surface area contributed by atoms with Gasteiger partial charge < -0.3 is 4.90 Å². The Morgan fingerprint density at radius 3 is 2.34 bits per heavy atom. The highest BCUT2D eigenvalue weighted by Crippen LogP contribution is 2.50. The number of nitrogens with zero attached hydrogens (tertiary/aromatic N) is 1. The van der Waals surface area contributed by atoms with Gasteiger partial charge in [-0.15, -0.1) is 0 Å². The van der Waals surface area contributed by atoms with Crippen molar-refractivity contribution in [2.24, 2.45) is 0 Å². The molecule has 4 heteroatoms. The normalized spacial score (nSPS) is 20.2. The Labute approximate surface area is 175 Å². The molecule has 29 heavy (non-hydrogen) atoms. The van der Waals surface area contributed by atoms with Crippen LogP contribution in [-0.2, 0) is 5.41 Å². The van der Waals surface area contributed by atoms with Gasteiger partial charge in [-0.25, -0.2) is 4.39 Å². The van der Waals surface area contributed by atoms with Gasteiger partial charge in [0.25, 0.3) is 5.91 Å². The molecule has 3 aromatic carbocycles. The molecule has 0 saturated carbocycles. The lowest BCUT2D eigenvalue weighted by Gasteiger charge is -2.51. The lowest BCUT2D eigenvalue weighted by molar-refractivity contribution is 0.0948. The highest BCUT2D eigenvalue weighted by Gasteiger charge is 2.47. The molecule has 2 nitrogen and oxygen atoms in total. The van der Waals surface area contributed by atoms with E-state index < -0.39 is 11.4 Å². The van der Waals surface area contributed by atoms with Crippen molar-refractivity contribution in [2.75, 3.05) is 4.90 Å². The summed E-state index contributed by atoms with van der Waals surface area (Å²) in [6.07, 6.45) is 0.722. The Kier molecular flexibility index (Phi) is 4.74. The van der Waals surface area contributed by atoms with E-state index in [9.17, 15) is 9.18 Å². The summed E-state index contributed by atoms with van der Waals surface area (Å²) in [4.78, 5) is 15.3. The van der Waals surface area contributed by atoms with Gasteiger partial charge in [0.05, 0.1) is 0 Å². The average Bonchev–Trinajstić information content (AvgIpc) is 2.67. The van der Waals surface area contributed by atoms with Gasteiger partial charge in [0.15, 0.2) is 0 Å². The maximum atomic E-state index is 13.8. The molecule has 148 valence electrons. The third-order valence-electron chi connectivity index (χ3n) is 5.89. The van der Waals surface area contributed by atoms with E-state index in [4.69, 9.17) is 11.6 Å². The fraction of sp³-hybridized carbons (Fsp3) is 0.240. The van der Waals surface area contributed by atoms with Crippen LogP contribution in [0.15, 0.2) is 72.8 Å². The van der Waals surface area contributed by atoms with Crippen LogP contribution in [0, 0.1) is 5.82 Å². The van der Waals surface area contributed by atoms with E-state index in [2.05, 4.69) is 39.0 Å². The van der Waals surface area contributed by atoms with Gasteiger partial charge in [-0.3, -0.25) is 4.79 Å². The highest BCUT2D eigenvalue weighted by molar-refractivity contribution is 6.30. The fourth-order valence-corrected chi connectivity index (χ4v) is 4.84. The molecule has 1 amide bonds. The van der Waals surface area contributed by atoms with Crippen LogP contribution in [0.1, 0.15) is 48.7 Å². The van der Waals surface area contributed by atoms with E-state index >= 15 is 0 Å². The Morgan fingerprint density at radius 1 is 0.966 bits per heavy atom. The number of halogens is 2. The molecule has 1 atom stereocenters. The molecule has 0 spiro atoms. The van der Waals surface area contributed by atoms with Crippen molar-refractivity contribution in [3.8, 4) is 0 Å². The second-order valence-corrected chi connectivity index (χ2v) is 8.93. The smallest absolute Gasteiger partial charge is 0.258 e. The topological polar surface area (TPSA) is 20.3 Å². The number of para-hydroxylation sites is 1. The van der Waals surface area contributed by atoms with Crippen molar-refractivity contribution in [2.45, 2.75) is 38.1 Å². The van der Waals surface area contributed by atoms with Crippen molar-refractivity contribution in [1.29, 1.82) is 0 Å². The fourth-order valence-electron chi connectivity index (χ4n) is 4.71. The number of hydrogen-bond acceptors (Lipinski definition) is 1. The zero-order chi connectivity index (χ0) is 20.8. The zero-order valence-electron chi connectivity index (χ0n) is 16.7. The van der Waals surface area contributed by atoms with E-state index in [-0.39, 0.29) is 11.3 Å². The first-order chi connectivity index (χ1) is 13.7. The molecule has 0 N–H and O–H groups in total. The molecule has 0 fully saturated rings. The predicted molar refractivity (Wildman–Crippen MR) is 116 cm³/mol. The second-order valence-electron chi connectivity index (χ2n) is 8.50. The van der Waals surface area contributed by atoms with E-state index in [1.165, 1.54) is 12.1 Å². The summed E-state index contributed by atoms with van der Waals surface area (Å²) in [6.45, 7) is 6.34. The Balaban J connectivity index is 1.88. The summed E-state index contributed by atoms with van der Waals surface area (Å²) in [7, 11) is 0. The van der Waals surface area contributed by atoms with Crippen molar-refractivity contribution < 1.29 is 9.18 Å².